The maximum Gasteiger partial charge on any atom is 0.244 e. The van der Waals surface area contributed by atoms with Gasteiger partial charge in [0.05, 0.1) is 17.6 Å². The van der Waals surface area contributed by atoms with Crippen LogP contribution in [0.3, 0.4) is 0 Å². The van der Waals surface area contributed by atoms with Gasteiger partial charge >= 0.3 is 0 Å². The monoisotopic (exact) mass is 404 g/mol. The van der Waals surface area contributed by atoms with Gasteiger partial charge in [-0.3, -0.25) is 4.79 Å². The molecule has 0 bridgehead atoms. The normalized spacial score (nSPS) is 12.8. The van der Waals surface area contributed by atoms with Crippen molar-refractivity contribution >= 4 is 22.6 Å². The first-order chi connectivity index (χ1) is 14.7. The van der Waals surface area contributed by atoms with E-state index < -0.39 is 0 Å². The van der Waals surface area contributed by atoms with Gasteiger partial charge in [0.2, 0.25) is 5.91 Å². The number of imidazole rings is 1. The van der Waals surface area contributed by atoms with Gasteiger partial charge in [0.1, 0.15) is 38.2 Å². The number of rotatable bonds is 5. The topological polar surface area (TPSA) is 96.1 Å². The molecule has 0 atom stereocenters. The number of benzene rings is 2. The Labute approximate surface area is 172 Å². The van der Waals surface area contributed by atoms with E-state index in [4.69, 9.17) is 9.47 Å². The van der Waals surface area contributed by atoms with Crippen LogP contribution in [-0.4, -0.2) is 43.4 Å². The Morgan fingerprint density at radius 3 is 2.80 bits per heavy atom. The van der Waals surface area contributed by atoms with Gasteiger partial charge in [0.25, 0.3) is 0 Å². The second kappa shape index (κ2) is 7.51. The van der Waals surface area contributed by atoms with E-state index in [0.29, 0.717) is 31.3 Å². The van der Waals surface area contributed by atoms with Gasteiger partial charge in [-0.15, -0.1) is 0 Å². The summed E-state index contributed by atoms with van der Waals surface area (Å²) < 4.78 is 14.9. The highest BCUT2D eigenvalue weighted by molar-refractivity contribution is 5.92. The van der Waals surface area contributed by atoms with Gasteiger partial charge in [0, 0.05) is 17.8 Å². The van der Waals surface area contributed by atoms with Crippen LogP contribution in [0.2, 0.25) is 0 Å². The summed E-state index contributed by atoms with van der Waals surface area (Å²) >= 11 is 0. The fourth-order valence-electron chi connectivity index (χ4n) is 3.57. The Morgan fingerprint density at radius 1 is 1.17 bits per heavy atom. The molecule has 2 aromatic heterocycles. The molecule has 0 spiro atoms. The molecule has 1 aliphatic rings. The summed E-state index contributed by atoms with van der Waals surface area (Å²) in [6, 6.07) is 11.4. The van der Waals surface area contributed by atoms with Crippen LogP contribution < -0.4 is 14.8 Å². The molecule has 9 nitrogen and oxygen atoms in total. The average molecular weight is 404 g/mol. The number of ether oxygens (including phenoxy) is 2. The quantitative estimate of drug-likeness (QED) is 0.549. The van der Waals surface area contributed by atoms with Gasteiger partial charge in [-0.25, -0.2) is 14.6 Å². The number of aryl methyl sites for hydroxylation is 1. The minimum atomic E-state index is -0.134. The minimum absolute atomic E-state index is 0.134. The Hall–Kier alpha value is -3.88. The summed E-state index contributed by atoms with van der Waals surface area (Å²) in [6.07, 6.45) is 3.16. The van der Waals surface area contributed by atoms with E-state index >= 15 is 0 Å². The number of nitrogens with zero attached hydrogens (tertiary/aromatic N) is 5. The third-order valence-corrected chi connectivity index (χ3v) is 4.93. The summed E-state index contributed by atoms with van der Waals surface area (Å²) in [4.78, 5) is 21.3. The zero-order chi connectivity index (χ0) is 20.5. The molecule has 3 heterocycles. The smallest absolute Gasteiger partial charge is 0.244 e. The van der Waals surface area contributed by atoms with Crippen LogP contribution in [0.4, 0.5) is 5.69 Å². The van der Waals surface area contributed by atoms with Crippen LogP contribution in [0.5, 0.6) is 11.5 Å². The van der Waals surface area contributed by atoms with Crippen molar-refractivity contribution < 1.29 is 14.3 Å². The van der Waals surface area contributed by atoms with Crippen molar-refractivity contribution in [1.82, 2.24) is 24.3 Å². The van der Waals surface area contributed by atoms with Crippen molar-refractivity contribution in [2.24, 2.45) is 0 Å². The van der Waals surface area contributed by atoms with Crippen LogP contribution >= 0.6 is 0 Å². The number of nitrogens with one attached hydrogen (secondary N) is 1. The fourth-order valence-corrected chi connectivity index (χ4v) is 3.57. The summed E-state index contributed by atoms with van der Waals surface area (Å²) in [5, 5.41) is 7.08. The maximum atomic E-state index is 12.7. The summed E-state index contributed by atoms with van der Waals surface area (Å²) in [5.41, 5.74) is 3.37. The van der Waals surface area contributed by atoms with E-state index in [1.54, 1.807) is 11.0 Å². The molecule has 1 aliphatic heterocycles. The molecule has 0 saturated carbocycles. The lowest BCUT2D eigenvalue weighted by atomic mass is 10.2. The molecule has 152 valence electrons. The van der Waals surface area contributed by atoms with Crippen molar-refractivity contribution in [2.45, 2.75) is 20.0 Å². The number of hydrogen-bond acceptors (Lipinski definition) is 6. The highest BCUT2D eigenvalue weighted by Crippen LogP contribution is 2.34. The molecule has 0 unspecified atom stereocenters. The van der Waals surface area contributed by atoms with E-state index in [0.717, 1.165) is 28.1 Å². The fraction of sp³-hybridized carbons (Fsp3) is 0.238. The van der Waals surface area contributed by atoms with Gasteiger partial charge < -0.3 is 19.4 Å². The molecule has 5 rings (SSSR count). The molecule has 0 fully saturated rings. The number of fused-ring (bicyclic) bond motifs is 2. The van der Waals surface area contributed by atoms with Crippen molar-refractivity contribution in [3.05, 3.63) is 60.4 Å². The minimum Gasteiger partial charge on any atom is -0.486 e. The second-order valence-electron chi connectivity index (χ2n) is 7.07. The Bertz CT molecular complexity index is 1220. The maximum absolute atomic E-state index is 12.7. The van der Waals surface area contributed by atoms with Crippen LogP contribution in [0.15, 0.2) is 49.1 Å². The third-order valence-electron chi connectivity index (χ3n) is 4.93. The molecule has 0 radical (unpaired) electrons. The molecule has 0 saturated heterocycles. The molecular formula is C21H20N6O3. The predicted molar refractivity (Wildman–Crippen MR) is 110 cm³/mol. The standard InChI is InChI=1S/C21H20N6O3/c1-14-24-17-8-19-20(30-6-5-29-19)9-18(17)27(14)11-21(28)25-16-4-2-3-15(7-16)10-26-13-22-12-23-26/h2-4,7-9,12-13H,5-6,10-11H2,1H3,(H,25,28). The summed E-state index contributed by atoms with van der Waals surface area (Å²) in [7, 11) is 0. The van der Waals surface area contributed by atoms with Gasteiger partial charge in [0.15, 0.2) is 11.5 Å². The predicted octanol–water partition coefficient (Wildman–Crippen LogP) is 2.39. The highest BCUT2D eigenvalue weighted by atomic mass is 16.6. The second-order valence-corrected chi connectivity index (χ2v) is 7.07. The molecule has 2 aromatic carbocycles. The lowest BCUT2D eigenvalue weighted by molar-refractivity contribution is -0.116. The number of hydrogen-bond donors (Lipinski definition) is 1. The van der Waals surface area contributed by atoms with Gasteiger partial charge in [-0.1, -0.05) is 12.1 Å². The number of amides is 1. The Morgan fingerprint density at radius 2 is 2.00 bits per heavy atom. The lowest BCUT2D eigenvalue weighted by Gasteiger charge is -2.18. The zero-order valence-electron chi connectivity index (χ0n) is 16.4. The van der Waals surface area contributed by atoms with Crippen LogP contribution in [0, 0.1) is 6.92 Å². The van der Waals surface area contributed by atoms with E-state index in [1.165, 1.54) is 6.33 Å². The van der Waals surface area contributed by atoms with Gasteiger partial charge in [-0.05, 0) is 24.6 Å². The zero-order valence-corrected chi connectivity index (χ0v) is 16.4. The molecule has 30 heavy (non-hydrogen) atoms. The molecule has 0 aliphatic carbocycles. The first-order valence-corrected chi connectivity index (χ1v) is 9.63. The third kappa shape index (κ3) is 3.57. The first-order valence-electron chi connectivity index (χ1n) is 9.63. The molecule has 1 N–H and O–H groups in total. The highest BCUT2D eigenvalue weighted by Gasteiger charge is 2.18. The Kier molecular flexibility index (Phi) is 4.55. The molecule has 9 heteroatoms. The van der Waals surface area contributed by atoms with Crippen LogP contribution in [0.1, 0.15) is 11.4 Å². The van der Waals surface area contributed by atoms with Crippen molar-refractivity contribution in [1.29, 1.82) is 0 Å². The van der Waals surface area contributed by atoms with Gasteiger partial charge in [-0.2, -0.15) is 5.10 Å². The van der Waals surface area contributed by atoms with Crippen molar-refractivity contribution in [2.75, 3.05) is 18.5 Å². The Balaban J connectivity index is 1.34. The number of carbonyl (C=O) groups excluding carboxylic acids is 1. The largest absolute Gasteiger partial charge is 0.486 e. The van der Waals surface area contributed by atoms with Crippen LogP contribution in [0.25, 0.3) is 11.0 Å². The van der Waals surface area contributed by atoms with E-state index in [1.807, 2.05) is 47.9 Å². The van der Waals surface area contributed by atoms with E-state index in [2.05, 4.69) is 20.4 Å². The summed E-state index contributed by atoms with van der Waals surface area (Å²) in [6.45, 7) is 3.65. The number of aromatic nitrogens is 5. The summed E-state index contributed by atoms with van der Waals surface area (Å²) in [5.74, 6) is 1.98. The van der Waals surface area contributed by atoms with Crippen molar-refractivity contribution in [3.63, 3.8) is 0 Å². The number of carbonyl (C=O) groups is 1. The SMILES string of the molecule is Cc1nc2cc3c(cc2n1CC(=O)Nc1cccc(Cn2cncn2)c1)OCCO3. The molecule has 1 amide bonds. The molecule has 4 aromatic rings. The molecular weight excluding hydrogens is 384 g/mol. The van der Waals surface area contributed by atoms with E-state index in [9.17, 15) is 4.79 Å². The van der Waals surface area contributed by atoms with Crippen molar-refractivity contribution in [3.8, 4) is 11.5 Å². The lowest BCUT2D eigenvalue weighted by Crippen LogP contribution is -2.20. The first kappa shape index (κ1) is 18.2. The average Bonchev–Trinajstić information content (AvgIpc) is 3.34. The van der Waals surface area contributed by atoms with Crippen LogP contribution in [-0.2, 0) is 17.9 Å². The van der Waals surface area contributed by atoms with E-state index in [-0.39, 0.29) is 12.5 Å². The number of anilines is 1.